The van der Waals surface area contributed by atoms with Gasteiger partial charge in [-0.25, -0.2) is 0 Å². The van der Waals surface area contributed by atoms with E-state index in [0.29, 0.717) is 5.69 Å². The van der Waals surface area contributed by atoms with Gasteiger partial charge in [0, 0.05) is 18.8 Å². The summed E-state index contributed by atoms with van der Waals surface area (Å²) < 4.78 is 31.0. The molecule has 6 nitrogen and oxygen atoms in total. The number of aromatic nitrogens is 2. The van der Waals surface area contributed by atoms with Crippen LogP contribution >= 0.6 is 0 Å². The summed E-state index contributed by atoms with van der Waals surface area (Å²) in [5, 5.41) is 13.0. The summed E-state index contributed by atoms with van der Waals surface area (Å²) in [7, 11) is -2.87. The molecule has 7 heteroatoms. The number of rotatable bonds is 2. The van der Waals surface area contributed by atoms with Crippen LogP contribution in [0.5, 0.6) is 0 Å². The largest absolute Gasteiger partial charge is 0.371 e. The maximum Gasteiger partial charge on any atom is 0.296 e. The second-order valence-electron chi connectivity index (χ2n) is 2.71. The smallest absolute Gasteiger partial charge is 0.296 e. The maximum absolute atomic E-state index is 10.6. The summed E-state index contributed by atoms with van der Waals surface area (Å²) in [5.41, 5.74) is -1.46. The van der Waals surface area contributed by atoms with Crippen LogP contribution < -0.4 is 0 Å². The molecule has 1 heterocycles. The van der Waals surface area contributed by atoms with Gasteiger partial charge in [-0.2, -0.15) is 13.5 Å². The molecule has 0 saturated heterocycles. The van der Waals surface area contributed by atoms with Crippen LogP contribution in [0, 0.1) is 6.92 Å². The molecule has 0 radical (unpaired) electrons. The molecule has 0 aliphatic heterocycles. The average Bonchev–Trinajstić information content (AvgIpc) is 2.26. The van der Waals surface area contributed by atoms with Crippen molar-refractivity contribution in [3.8, 4) is 0 Å². The van der Waals surface area contributed by atoms with E-state index in [1.807, 2.05) is 0 Å². The molecule has 74 valence electrons. The Morgan fingerprint density at radius 1 is 1.62 bits per heavy atom. The summed E-state index contributed by atoms with van der Waals surface area (Å²) in [6.45, 7) is 1.55. The lowest BCUT2D eigenvalue weighted by Crippen LogP contribution is -2.11. The van der Waals surface area contributed by atoms with Crippen molar-refractivity contribution < 1.29 is 18.1 Å². The van der Waals surface area contributed by atoms with Gasteiger partial charge in [0.05, 0.1) is 5.69 Å². The Bertz CT molecular complexity index is 408. The van der Waals surface area contributed by atoms with E-state index >= 15 is 0 Å². The van der Waals surface area contributed by atoms with Gasteiger partial charge in [-0.15, -0.1) is 0 Å². The molecule has 0 spiro atoms. The Labute approximate surface area is 75.6 Å². The first kappa shape index (κ1) is 10.2. The number of aliphatic hydroxyl groups excluding tert-OH is 1. The van der Waals surface area contributed by atoms with Gasteiger partial charge in [-0.05, 0) is 6.92 Å². The molecule has 1 unspecified atom stereocenters. The van der Waals surface area contributed by atoms with Gasteiger partial charge >= 0.3 is 0 Å². The minimum atomic E-state index is -4.46. The van der Waals surface area contributed by atoms with Crippen molar-refractivity contribution >= 4 is 10.1 Å². The van der Waals surface area contributed by atoms with E-state index in [4.69, 9.17) is 9.66 Å². The summed E-state index contributed by atoms with van der Waals surface area (Å²) >= 11 is 0. The monoisotopic (exact) mass is 206 g/mol. The number of hydrogen-bond donors (Lipinski definition) is 2. The highest BCUT2D eigenvalue weighted by Gasteiger charge is 2.25. The lowest BCUT2D eigenvalue weighted by atomic mass is 10.3. The Hall–Kier alpha value is -0.920. The first-order valence-corrected chi connectivity index (χ1v) is 4.97. The molecule has 0 bridgehead atoms. The van der Waals surface area contributed by atoms with E-state index < -0.39 is 15.6 Å². The van der Waals surface area contributed by atoms with Crippen molar-refractivity contribution in [2.75, 3.05) is 0 Å². The van der Waals surface area contributed by atoms with E-state index in [1.54, 1.807) is 14.0 Å². The predicted molar refractivity (Wildman–Crippen MR) is 44.5 cm³/mol. The molecule has 0 aliphatic carbocycles. The SMILES string of the molecule is Cc1nn(C)cc1C(O)S(=O)(=O)O. The van der Waals surface area contributed by atoms with Crippen LogP contribution in [-0.2, 0) is 17.2 Å². The van der Waals surface area contributed by atoms with Crippen LogP contribution in [0.25, 0.3) is 0 Å². The van der Waals surface area contributed by atoms with Gasteiger partial charge in [0.25, 0.3) is 10.1 Å². The summed E-state index contributed by atoms with van der Waals surface area (Å²) in [4.78, 5) is 0. The van der Waals surface area contributed by atoms with E-state index in [2.05, 4.69) is 5.10 Å². The fraction of sp³-hybridized carbons (Fsp3) is 0.500. The van der Waals surface area contributed by atoms with Crippen molar-refractivity contribution in [1.29, 1.82) is 0 Å². The zero-order valence-electron chi connectivity index (χ0n) is 7.17. The standard InChI is InChI=1S/C6H10N2O4S/c1-4-5(3-8(2)7-4)6(9)13(10,11)12/h3,6,9H,1-2H3,(H,10,11,12). The van der Waals surface area contributed by atoms with Crippen LogP contribution in [0.3, 0.4) is 0 Å². The zero-order valence-corrected chi connectivity index (χ0v) is 7.98. The topological polar surface area (TPSA) is 92.4 Å². The molecule has 2 N–H and O–H groups in total. The van der Waals surface area contributed by atoms with Gasteiger partial charge < -0.3 is 5.11 Å². The number of nitrogens with zero attached hydrogens (tertiary/aromatic N) is 2. The maximum atomic E-state index is 10.6. The van der Waals surface area contributed by atoms with E-state index in [0.717, 1.165) is 0 Å². The number of hydrogen-bond acceptors (Lipinski definition) is 4. The summed E-state index contributed by atoms with van der Waals surface area (Å²) in [6, 6.07) is 0. The van der Waals surface area contributed by atoms with Crippen LogP contribution in [-0.4, -0.2) is 27.9 Å². The second kappa shape index (κ2) is 3.09. The minimum Gasteiger partial charge on any atom is -0.371 e. The first-order valence-electron chi connectivity index (χ1n) is 3.47. The highest BCUT2D eigenvalue weighted by atomic mass is 32.2. The highest BCUT2D eigenvalue weighted by Crippen LogP contribution is 2.20. The van der Waals surface area contributed by atoms with Gasteiger partial charge in [0.1, 0.15) is 0 Å². The van der Waals surface area contributed by atoms with Crippen molar-refractivity contribution in [2.24, 2.45) is 7.05 Å². The summed E-state index contributed by atoms with van der Waals surface area (Å²) in [5.74, 6) is 0. The predicted octanol–water partition coefficient (Wildman–Crippen LogP) is -0.393. The first-order chi connectivity index (χ1) is 5.82. The fourth-order valence-electron chi connectivity index (χ4n) is 1.02. The van der Waals surface area contributed by atoms with Crippen molar-refractivity contribution in [2.45, 2.75) is 12.4 Å². The van der Waals surface area contributed by atoms with Crippen molar-refractivity contribution in [3.05, 3.63) is 17.5 Å². The zero-order chi connectivity index (χ0) is 10.2. The quantitative estimate of drug-likeness (QED) is 0.643. The number of aliphatic hydroxyl groups is 1. The lowest BCUT2D eigenvalue weighted by Gasteiger charge is -2.04. The molecule has 0 aliphatic rings. The third kappa shape index (κ3) is 2.06. The molecule has 1 aromatic heterocycles. The second-order valence-corrected chi connectivity index (χ2v) is 4.19. The molecule has 13 heavy (non-hydrogen) atoms. The average molecular weight is 206 g/mol. The lowest BCUT2D eigenvalue weighted by molar-refractivity contribution is 0.237. The van der Waals surface area contributed by atoms with Crippen LogP contribution in [0.4, 0.5) is 0 Å². The fourth-order valence-corrected chi connectivity index (χ4v) is 1.57. The Kier molecular flexibility index (Phi) is 2.42. The Morgan fingerprint density at radius 3 is 2.46 bits per heavy atom. The molecular formula is C6H10N2O4S. The Morgan fingerprint density at radius 2 is 2.15 bits per heavy atom. The van der Waals surface area contributed by atoms with Crippen LogP contribution in [0.1, 0.15) is 16.7 Å². The minimum absolute atomic E-state index is 0.0880. The van der Waals surface area contributed by atoms with Crippen LogP contribution in [0.15, 0.2) is 6.20 Å². The van der Waals surface area contributed by atoms with Crippen molar-refractivity contribution in [1.82, 2.24) is 9.78 Å². The van der Waals surface area contributed by atoms with Gasteiger partial charge in [0.15, 0.2) is 0 Å². The normalized spacial score (nSPS) is 14.5. The summed E-state index contributed by atoms with van der Waals surface area (Å²) in [6.07, 6.45) is 1.34. The van der Waals surface area contributed by atoms with Crippen LogP contribution in [0.2, 0.25) is 0 Å². The molecular weight excluding hydrogens is 196 g/mol. The van der Waals surface area contributed by atoms with E-state index in [-0.39, 0.29) is 5.56 Å². The number of aryl methyl sites for hydroxylation is 2. The molecule has 0 aromatic carbocycles. The van der Waals surface area contributed by atoms with E-state index in [1.165, 1.54) is 10.9 Å². The van der Waals surface area contributed by atoms with Gasteiger partial charge in [-0.3, -0.25) is 9.23 Å². The van der Waals surface area contributed by atoms with Crippen molar-refractivity contribution in [3.63, 3.8) is 0 Å². The molecule has 1 atom stereocenters. The third-order valence-corrected chi connectivity index (χ3v) is 2.42. The molecule has 0 saturated carbocycles. The van der Waals surface area contributed by atoms with Gasteiger partial charge in [-0.1, -0.05) is 0 Å². The van der Waals surface area contributed by atoms with E-state index in [9.17, 15) is 8.42 Å². The molecule has 1 rings (SSSR count). The highest BCUT2D eigenvalue weighted by molar-refractivity contribution is 7.85. The Balaban J connectivity index is 3.16. The molecule has 0 amide bonds. The molecule has 0 fully saturated rings. The van der Waals surface area contributed by atoms with Gasteiger partial charge in [0.2, 0.25) is 5.44 Å². The molecule has 1 aromatic rings. The third-order valence-electron chi connectivity index (χ3n) is 1.60.